The molecule has 0 heterocycles. The van der Waals surface area contributed by atoms with Crippen molar-refractivity contribution < 1.29 is 27.5 Å². The molecule has 8 heteroatoms. The Bertz CT molecular complexity index is 358. The quantitative estimate of drug-likeness (QED) is 0.608. The van der Waals surface area contributed by atoms with Crippen LogP contribution in [0, 0.1) is 5.92 Å². The van der Waals surface area contributed by atoms with Gasteiger partial charge in [0.05, 0.1) is 13.0 Å². The van der Waals surface area contributed by atoms with Crippen molar-refractivity contribution in [3.8, 4) is 0 Å². The molecule has 0 aliphatic heterocycles. The summed E-state index contributed by atoms with van der Waals surface area (Å²) in [5.41, 5.74) is 0. The molecule has 1 amide bonds. The predicted octanol–water partition coefficient (Wildman–Crippen LogP) is 1.92. The summed E-state index contributed by atoms with van der Waals surface area (Å²) in [6.07, 6.45) is -4.53. The van der Waals surface area contributed by atoms with E-state index in [4.69, 9.17) is 0 Å². The summed E-state index contributed by atoms with van der Waals surface area (Å²) >= 11 is 0. The topological polar surface area (TPSA) is 49.9 Å². The van der Waals surface area contributed by atoms with Crippen molar-refractivity contribution >= 4 is 11.9 Å². The third-order valence-electron chi connectivity index (χ3n) is 3.42. The number of methoxy groups -OCH3 is 1. The van der Waals surface area contributed by atoms with Crippen LogP contribution < -0.4 is 0 Å². The first kappa shape index (κ1) is 20.7. The van der Waals surface area contributed by atoms with Gasteiger partial charge in [-0.15, -0.1) is 0 Å². The molecule has 0 spiro atoms. The number of rotatable bonds is 9. The molecule has 5 nitrogen and oxygen atoms in total. The van der Waals surface area contributed by atoms with Crippen molar-refractivity contribution in [3.63, 3.8) is 0 Å². The summed E-state index contributed by atoms with van der Waals surface area (Å²) in [6, 6.07) is 0. The van der Waals surface area contributed by atoms with Crippen LogP contribution in [-0.2, 0) is 14.3 Å². The molecule has 0 rings (SSSR count). The molecule has 0 fully saturated rings. The van der Waals surface area contributed by atoms with E-state index < -0.39 is 24.0 Å². The highest BCUT2D eigenvalue weighted by Crippen LogP contribution is 2.19. The Morgan fingerprint density at radius 2 is 1.68 bits per heavy atom. The number of halogens is 3. The third kappa shape index (κ3) is 7.11. The Kier molecular flexibility index (Phi) is 9.08. The summed E-state index contributed by atoms with van der Waals surface area (Å²) in [7, 11) is 1.16. The number of esters is 1. The van der Waals surface area contributed by atoms with E-state index in [1.165, 1.54) is 6.92 Å². The smallest absolute Gasteiger partial charge is 0.469 e. The van der Waals surface area contributed by atoms with Gasteiger partial charge >= 0.3 is 18.1 Å². The molecule has 0 aliphatic carbocycles. The van der Waals surface area contributed by atoms with Gasteiger partial charge in [-0.3, -0.25) is 9.59 Å². The first-order chi connectivity index (χ1) is 10.2. The lowest BCUT2D eigenvalue weighted by Gasteiger charge is -2.27. The van der Waals surface area contributed by atoms with E-state index in [-0.39, 0.29) is 13.1 Å². The number of alkyl halides is 3. The lowest BCUT2D eigenvalue weighted by Crippen LogP contribution is -2.45. The fraction of sp³-hybridized carbons (Fsp3) is 0.857. The first-order valence-corrected chi connectivity index (χ1v) is 7.33. The zero-order valence-electron chi connectivity index (χ0n) is 13.6. The van der Waals surface area contributed by atoms with Crippen LogP contribution in [0.25, 0.3) is 0 Å². The minimum absolute atomic E-state index is 0.0455. The molecular weight excluding hydrogens is 301 g/mol. The molecule has 0 saturated heterocycles. The zero-order valence-corrected chi connectivity index (χ0v) is 13.6. The molecule has 0 bridgehead atoms. The number of nitrogens with zero attached hydrogens (tertiary/aromatic N) is 2. The van der Waals surface area contributed by atoms with Crippen molar-refractivity contribution in [2.75, 3.05) is 39.8 Å². The van der Waals surface area contributed by atoms with Gasteiger partial charge in [0.25, 0.3) is 0 Å². The van der Waals surface area contributed by atoms with Crippen LogP contribution in [-0.4, -0.2) is 67.7 Å². The van der Waals surface area contributed by atoms with Crippen molar-refractivity contribution in [1.82, 2.24) is 9.80 Å². The standard InChI is InChI=1S/C14H25F3N2O3/c1-5-18(6-2)8-7-9-19(13(21)14(15,16)17)10-11(3)12(20)22-4/h11H,5-10H2,1-4H3. The van der Waals surface area contributed by atoms with Crippen LogP contribution in [0.4, 0.5) is 13.2 Å². The van der Waals surface area contributed by atoms with E-state index in [0.29, 0.717) is 17.9 Å². The molecule has 130 valence electrons. The fourth-order valence-electron chi connectivity index (χ4n) is 2.09. The second-order valence-electron chi connectivity index (χ2n) is 5.05. The SMILES string of the molecule is CCN(CC)CCCN(CC(C)C(=O)OC)C(=O)C(F)(F)F. The third-order valence-corrected chi connectivity index (χ3v) is 3.42. The molecule has 0 aromatic rings. The maximum absolute atomic E-state index is 12.6. The molecule has 0 radical (unpaired) electrons. The second kappa shape index (κ2) is 9.66. The van der Waals surface area contributed by atoms with Gasteiger partial charge in [-0.2, -0.15) is 13.2 Å². The van der Waals surface area contributed by atoms with Crippen molar-refractivity contribution in [2.45, 2.75) is 33.4 Å². The van der Waals surface area contributed by atoms with Gasteiger partial charge in [0.2, 0.25) is 0 Å². The first-order valence-electron chi connectivity index (χ1n) is 7.33. The van der Waals surface area contributed by atoms with Crippen LogP contribution >= 0.6 is 0 Å². The van der Waals surface area contributed by atoms with Crippen LogP contribution in [0.3, 0.4) is 0 Å². The van der Waals surface area contributed by atoms with E-state index in [0.717, 1.165) is 20.2 Å². The summed E-state index contributed by atoms with van der Waals surface area (Å²) < 4.78 is 42.4. The van der Waals surface area contributed by atoms with Crippen LogP contribution in [0.1, 0.15) is 27.2 Å². The number of carbonyl (C=O) groups excluding carboxylic acids is 2. The van der Waals surface area contributed by atoms with E-state index in [1.807, 2.05) is 13.8 Å². The molecular formula is C14H25F3N2O3. The molecule has 1 atom stereocenters. The Morgan fingerprint density at radius 1 is 1.14 bits per heavy atom. The van der Waals surface area contributed by atoms with Crippen LogP contribution in [0.2, 0.25) is 0 Å². The van der Waals surface area contributed by atoms with Crippen molar-refractivity contribution in [1.29, 1.82) is 0 Å². The molecule has 0 N–H and O–H groups in total. The minimum atomic E-state index is -4.94. The summed E-state index contributed by atoms with van der Waals surface area (Å²) in [5, 5.41) is 0. The number of carbonyl (C=O) groups is 2. The van der Waals surface area contributed by atoms with Gasteiger partial charge in [-0.25, -0.2) is 0 Å². The summed E-state index contributed by atoms with van der Waals surface area (Å²) in [4.78, 5) is 25.5. The van der Waals surface area contributed by atoms with Crippen molar-refractivity contribution in [3.05, 3.63) is 0 Å². The Hall–Kier alpha value is -1.31. The Morgan fingerprint density at radius 3 is 2.09 bits per heavy atom. The van der Waals surface area contributed by atoms with E-state index in [1.54, 1.807) is 0 Å². The monoisotopic (exact) mass is 326 g/mol. The Labute approximate surface area is 129 Å². The largest absolute Gasteiger partial charge is 0.471 e. The van der Waals surface area contributed by atoms with E-state index in [2.05, 4.69) is 9.64 Å². The maximum atomic E-state index is 12.6. The van der Waals surface area contributed by atoms with Gasteiger partial charge in [0.1, 0.15) is 0 Å². The molecule has 0 aromatic carbocycles. The Balaban J connectivity index is 4.73. The highest BCUT2D eigenvalue weighted by Gasteiger charge is 2.42. The number of hydrogen-bond donors (Lipinski definition) is 0. The predicted molar refractivity (Wildman–Crippen MR) is 76.2 cm³/mol. The van der Waals surface area contributed by atoms with E-state index in [9.17, 15) is 22.8 Å². The summed E-state index contributed by atoms with van der Waals surface area (Å²) in [5.74, 6) is -3.35. The average Bonchev–Trinajstić information content (AvgIpc) is 2.47. The van der Waals surface area contributed by atoms with Gasteiger partial charge in [0.15, 0.2) is 0 Å². The zero-order chi connectivity index (χ0) is 17.3. The average molecular weight is 326 g/mol. The van der Waals surface area contributed by atoms with Gasteiger partial charge in [0, 0.05) is 13.1 Å². The lowest BCUT2D eigenvalue weighted by atomic mass is 10.1. The fourth-order valence-corrected chi connectivity index (χ4v) is 2.09. The van der Waals surface area contributed by atoms with Crippen LogP contribution in [0.5, 0.6) is 0 Å². The molecule has 0 aliphatic rings. The number of hydrogen-bond acceptors (Lipinski definition) is 4. The number of amides is 1. The normalized spacial score (nSPS) is 13.1. The maximum Gasteiger partial charge on any atom is 0.471 e. The van der Waals surface area contributed by atoms with Gasteiger partial charge in [-0.1, -0.05) is 20.8 Å². The summed E-state index contributed by atoms with van der Waals surface area (Å²) in [6.45, 7) is 7.20. The second-order valence-corrected chi connectivity index (χ2v) is 5.05. The molecule has 0 saturated carbocycles. The molecule has 0 aromatic heterocycles. The van der Waals surface area contributed by atoms with Crippen LogP contribution in [0.15, 0.2) is 0 Å². The lowest BCUT2D eigenvalue weighted by molar-refractivity contribution is -0.186. The minimum Gasteiger partial charge on any atom is -0.469 e. The van der Waals surface area contributed by atoms with Crippen molar-refractivity contribution in [2.24, 2.45) is 5.92 Å². The number of ether oxygens (including phenoxy) is 1. The van der Waals surface area contributed by atoms with Gasteiger partial charge < -0.3 is 14.5 Å². The molecule has 22 heavy (non-hydrogen) atoms. The van der Waals surface area contributed by atoms with E-state index >= 15 is 0 Å². The molecule has 1 unspecified atom stereocenters. The van der Waals surface area contributed by atoms with Gasteiger partial charge in [-0.05, 0) is 26.1 Å². The highest BCUT2D eigenvalue weighted by molar-refractivity contribution is 5.82. The highest BCUT2D eigenvalue weighted by atomic mass is 19.4.